The maximum Gasteiger partial charge on any atom is 0.266 e. The van der Waals surface area contributed by atoms with Crippen molar-refractivity contribution in [1.29, 1.82) is 0 Å². The van der Waals surface area contributed by atoms with E-state index in [2.05, 4.69) is 0 Å². The van der Waals surface area contributed by atoms with Gasteiger partial charge in [0.15, 0.2) is 0 Å². The van der Waals surface area contributed by atoms with Gasteiger partial charge in [-0.1, -0.05) is 18.2 Å². The van der Waals surface area contributed by atoms with Crippen molar-refractivity contribution in [3.05, 3.63) is 46.8 Å². The molecular weight excluding hydrogens is 374 g/mol. The lowest BCUT2D eigenvalue weighted by atomic mass is 10.2. The van der Waals surface area contributed by atoms with Crippen LogP contribution in [0.1, 0.15) is 47.1 Å². The molecule has 1 aromatic carbocycles. The summed E-state index contributed by atoms with van der Waals surface area (Å²) in [6.45, 7) is 8.95. The fourth-order valence-corrected chi connectivity index (χ4v) is 6.01. The first-order valence-electron chi connectivity index (χ1n) is 9.75. The summed E-state index contributed by atoms with van der Waals surface area (Å²) in [7, 11) is -2.09. The molecule has 0 atom stereocenters. The van der Waals surface area contributed by atoms with Gasteiger partial charge in [0.05, 0.1) is 11.3 Å². The average molecular weight is 404 g/mol. The highest BCUT2D eigenvalue weighted by molar-refractivity contribution is 7.93. The smallest absolute Gasteiger partial charge is 0.266 e. The Balaban J connectivity index is 2.20. The molecule has 0 spiro atoms. The second-order valence-corrected chi connectivity index (χ2v) is 9.19. The Labute approximate surface area is 167 Å². The Bertz CT molecular complexity index is 1000. The molecule has 0 aliphatic carbocycles. The van der Waals surface area contributed by atoms with Crippen molar-refractivity contribution < 1.29 is 13.2 Å². The number of para-hydroxylation sites is 1. The predicted octanol–water partition coefficient (Wildman–Crippen LogP) is 3.40. The molecule has 1 amide bonds. The van der Waals surface area contributed by atoms with Crippen molar-refractivity contribution in [2.45, 2.75) is 45.4 Å². The summed E-state index contributed by atoms with van der Waals surface area (Å²) in [4.78, 5) is 15.1. The molecular formula is C21H29N3O3S. The van der Waals surface area contributed by atoms with Gasteiger partial charge in [-0.2, -0.15) is 0 Å². The summed E-state index contributed by atoms with van der Waals surface area (Å²) < 4.78 is 30.8. The van der Waals surface area contributed by atoms with Gasteiger partial charge in [-0.3, -0.25) is 9.10 Å². The van der Waals surface area contributed by atoms with E-state index in [1.807, 2.05) is 56.7 Å². The molecule has 28 heavy (non-hydrogen) atoms. The van der Waals surface area contributed by atoms with Crippen LogP contribution in [0.5, 0.6) is 0 Å². The number of hydrogen-bond donors (Lipinski definition) is 0. The summed E-state index contributed by atoms with van der Waals surface area (Å²) in [5.74, 6) is -0.182. The third-order valence-electron chi connectivity index (χ3n) is 5.75. The summed E-state index contributed by atoms with van der Waals surface area (Å²) >= 11 is 0. The summed E-state index contributed by atoms with van der Waals surface area (Å²) in [6.07, 6.45) is 1.92. The number of aromatic nitrogens is 1. The zero-order chi connectivity index (χ0) is 20.6. The average Bonchev–Trinajstić information content (AvgIpc) is 3.27. The second kappa shape index (κ2) is 7.62. The molecule has 0 unspecified atom stereocenters. The number of carbonyl (C=O) groups excluding carboxylic acids is 1. The molecule has 0 N–H and O–H groups in total. The van der Waals surface area contributed by atoms with E-state index in [1.54, 1.807) is 11.8 Å². The minimum atomic E-state index is -3.90. The molecule has 7 heteroatoms. The molecule has 1 aliphatic rings. The van der Waals surface area contributed by atoms with Gasteiger partial charge in [-0.05, 0) is 52.2 Å². The van der Waals surface area contributed by atoms with Gasteiger partial charge in [0.25, 0.3) is 15.9 Å². The highest BCUT2D eigenvalue weighted by Crippen LogP contribution is 2.34. The number of benzene rings is 1. The van der Waals surface area contributed by atoms with Crippen LogP contribution in [0.25, 0.3) is 0 Å². The molecule has 1 aromatic heterocycles. The van der Waals surface area contributed by atoms with Crippen molar-refractivity contribution in [3.63, 3.8) is 0 Å². The van der Waals surface area contributed by atoms with Crippen LogP contribution in [-0.4, -0.2) is 43.4 Å². The quantitative estimate of drug-likeness (QED) is 0.769. The number of sulfonamides is 1. The molecule has 2 heterocycles. The van der Waals surface area contributed by atoms with Gasteiger partial charge < -0.3 is 9.47 Å². The monoisotopic (exact) mass is 403 g/mol. The lowest BCUT2D eigenvalue weighted by Gasteiger charge is -2.26. The second-order valence-electron chi connectivity index (χ2n) is 7.39. The van der Waals surface area contributed by atoms with Crippen LogP contribution >= 0.6 is 0 Å². The molecule has 3 rings (SSSR count). The number of hydrogen-bond acceptors (Lipinski definition) is 3. The molecule has 0 saturated carbocycles. The van der Waals surface area contributed by atoms with Crippen LogP contribution in [-0.2, 0) is 17.1 Å². The van der Waals surface area contributed by atoms with E-state index < -0.39 is 10.0 Å². The van der Waals surface area contributed by atoms with Crippen LogP contribution < -0.4 is 4.31 Å². The van der Waals surface area contributed by atoms with E-state index >= 15 is 0 Å². The fraction of sp³-hybridized carbons (Fsp3) is 0.476. The predicted molar refractivity (Wildman–Crippen MR) is 111 cm³/mol. The van der Waals surface area contributed by atoms with E-state index in [1.165, 1.54) is 4.31 Å². The Morgan fingerprint density at radius 3 is 2.25 bits per heavy atom. The van der Waals surface area contributed by atoms with Gasteiger partial charge in [-0.15, -0.1) is 0 Å². The first kappa shape index (κ1) is 20.5. The SMILES string of the molecule is CCN(c1ccccc1C)S(=O)(=O)c1c(C(=O)N2CCCC2)c(C)n(C)c1C. The summed E-state index contributed by atoms with van der Waals surface area (Å²) in [5.41, 5.74) is 3.12. The Kier molecular flexibility index (Phi) is 5.57. The number of carbonyl (C=O) groups is 1. The van der Waals surface area contributed by atoms with Crippen molar-refractivity contribution in [1.82, 2.24) is 9.47 Å². The van der Waals surface area contributed by atoms with Gasteiger partial charge in [0.1, 0.15) is 4.90 Å². The Morgan fingerprint density at radius 2 is 1.68 bits per heavy atom. The third-order valence-corrected chi connectivity index (χ3v) is 7.80. The number of nitrogens with zero attached hydrogens (tertiary/aromatic N) is 3. The Hall–Kier alpha value is -2.28. The van der Waals surface area contributed by atoms with Crippen LogP contribution in [0.3, 0.4) is 0 Å². The van der Waals surface area contributed by atoms with Gasteiger partial charge >= 0.3 is 0 Å². The minimum Gasteiger partial charge on any atom is -0.350 e. The summed E-state index contributed by atoms with van der Waals surface area (Å²) in [6, 6.07) is 7.43. The van der Waals surface area contributed by atoms with Gasteiger partial charge in [0.2, 0.25) is 0 Å². The van der Waals surface area contributed by atoms with Crippen LogP contribution in [0.2, 0.25) is 0 Å². The highest BCUT2D eigenvalue weighted by Gasteiger charge is 2.36. The fourth-order valence-electron chi connectivity index (χ4n) is 3.99. The lowest BCUT2D eigenvalue weighted by molar-refractivity contribution is 0.0788. The number of aryl methyl sites for hydroxylation is 1. The number of likely N-dealkylation sites (tertiary alicyclic amines) is 1. The maximum atomic E-state index is 13.8. The molecule has 0 bridgehead atoms. The standard InChI is InChI=1S/C21H29N3O3S/c1-6-24(18-12-8-7-11-15(18)2)28(26,27)20-17(4)22(5)16(3)19(20)21(25)23-13-9-10-14-23/h7-8,11-12H,6,9-10,13-14H2,1-5H3. The van der Waals surface area contributed by atoms with E-state index in [4.69, 9.17) is 0 Å². The van der Waals surface area contributed by atoms with Crippen molar-refractivity contribution >= 4 is 21.6 Å². The van der Waals surface area contributed by atoms with Gasteiger partial charge in [0, 0.05) is 38.1 Å². The normalized spacial score (nSPS) is 14.5. The van der Waals surface area contributed by atoms with E-state index in [0.29, 0.717) is 35.7 Å². The van der Waals surface area contributed by atoms with Gasteiger partial charge in [-0.25, -0.2) is 8.42 Å². The largest absolute Gasteiger partial charge is 0.350 e. The molecule has 0 radical (unpaired) electrons. The van der Waals surface area contributed by atoms with E-state index in [0.717, 1.165) is 18.4 Å². The first-order valence-corrected chi connectivity index (χ1v) is 11.2. The number of anilines is 1. The first-order chi connectivity index (χ1) is 13.2. The zero-order valence-corrected chi connectivity index (χ0v) is 18.1. The van der Waals surface area contributed by atoms with Crippen LogP contribution in [0.4, 0.5) is 5.69 Å². The summed E-state index contributed by atoms with van der Waals surface area (Å²) in [5, 5.41) is 0. The lowest BCUT2D eigenvalue weighted by Crippen LogP contribution is -2.34. The Morgan fingerprint density at radius 1 is 1.07 bits per heavy atom. The third kappa shape index (κ3) is 3.21. The zero-order valence-electron chi connectivity index (χ0n) is 17.3. The molecule has 6 nitrogen and oxygen atoms in total. The van der Waals surface area contributed by atoms with Crippen molar-refractivity contribution in [2.24, 2.45) is 7.05 Å². The van der Waals surface area contributed by atoms with Crippen molar-refractivity contribution in [2.75, 3.05) is 23.9 Å². The number of rotatable bonds is 5. The van der Waals surface area contributed by atoms with E-state index in [-0.39, 0.29) is 17.3 Å². The molecule has 1 saturated heterocycles. The molecule has 152 valence electrons. The van der Waals surface area contributed by atoms with Crippen LogP contribution in [0.15, 0.2) is 29.2 Å². The molecule has 2 aromatic rings. The van der Waals surface area contributed by atoms with E-state index in [9.17, 15) is 13.2 Å². The molecule has 1 fully saturated rings. The minimum absolute atomic E-state index is 0.134. The van der Waals surface area contributed by atoms with Crippen molar-refractivity contribution in [3.8, 4) is 0 Å². The number of amides is 1. The topological polar surface area (TPSA) is 62.6 Å². The van der Waals surface area contributed by atoms with Crippen LogP contribution in [0, 0.1) is 20.8 Å². The molecule has 1 aliphatic heterocycles. The maximum absolute atomic E-state index is 13.8. The highest BCUT2D eigenvalue weighted by atomic mass is 32.2.